The van der Waals surface area contributed by atoms with Crippen molar-refractivity contribution in [2.45, 2.75) is 36.0 Å². The zero-order chi connectivity index (χ0) is 22.0. The number of anilines is 2. The number of amides is 2. The monoisotopic (exact) mass is 459 g/mol. The maximum atomic E-state index is 12.8. The van der Waals surface area contributed by atoms with E-state index < -0.39 is 15.9 Å². The van der Waals surface area contributed by atoms with Crippen LogP contribution in [0.15, 0.2) is 52.3 Å². The number of nitrogens with one attached hydrogen (secondary N) is 2. The molecule has 1 fully saturated rings. The van der Waals surface area contributed by atoms with Crippen LogP contribution >= 0.6 is 11.8 Å². The number of sulfonamides is 1. The number of fused-ring (bicyclic) bond motifs is 1. The first kappa shape index (κ1) is 21.7. The third kappa shape index (κ3) is 5.04. The highest BCUT2D eigenvalue weighted by molar-refractivity contribution is 7.99. The first-order valence-corrected chi connectivity index (χ1v) is 12.7. The number of carbonyl (C=O) groups is 2. The van der Waals surface area contributed by atoms with E-state index in [-0.39, 0.29) is 23.1 Å². The molecule has 2 aliphatic rings. The Labute approximate surface area is 186 Å². The molecule has 0 bridgehead atoms. The molecule has 2 amide bonds. The molecule has 1 unspecified atom stereocenters. The van der Waals surface area contributed by atoms with Gasteiger partial charge in [-0.05, 0) is 55.7 Å². The molecule has 0 aromatic heterocycles. The number of rotatable bonds is 5. The van der Waals surface area contributed by atoms with Gasteiger partial charge in [-0.2, -0.15) is 0 Å². The van der Waals surface area contributed by atoms with Crippen molar-refractivity contribution in [3.05, 3.63) is 48.0 Å². The third-order valence-corrected chi connectivity index (χ3v) is 8.10. The molecular formula is C22H25N3O4S2. The molecule has 164 valence electrons. The van der Waals surface area contributed by atoms with Gasteiger partial charge in [0.2, 0.25) is 11.8 Å². The second kappa shape index (κ2) is 8.92. The smallest absolute Gasteiger partial charge is 0.261 e. The van der Waals surface area contributed by atoms with Crippen molar-refractivity contribution in [1.29, 1.82) is 0 Å². The topological polar surface area (TPSA) is 95.6 Å². The quantitative estimate of drug-likeness (QED) is 0.714. The second-order valence-electron chi connectivity index (χ2n) is 7.92. The molecule has 2 heterocycles. The molecular weight excluding hydrogens is 434 g/mol. The van der Waals surface area contributed by atoms with Crippen molar-refractivity contribution in [3.63, 3.8) is 0 Å². The molecule has 2 N–H and O–H groups in total. The minimum atomic E-state index is -3.81. The summed E-state index contributed by atoms with van der Waals surface area (Å²) in [4.78, 5) is 27.9. The minimum absolute atomic E-state index is 0.00910. The Morgan fingerprint density at radius 2 is 1.97 bits per heavy atom. The van der Waals surface area contributed by atoms with Crippen LogP contribution in [0.2, 0.25) is 0 Å². The normalized spacial score (nSPS) is 18.8. The van der Waals surface area contributed by atoms with Crippen molar-refractivity contribution in [1.82, 2.24) is 4.90 Å². The predicted octanol–water partition coefficient (Wildman–Crippen LogP) is 3.47. The van der Waals surface area contributed by atoms with Crippen molar-refractivity contribution >= 4 is 45.0 Å². The van der Waals surface area contributed by atoms with Gasteiger partial charge in [0.05, 0.1) is 16.5 Å². The molecule has 0 saturated carbocycles. The van der Waals surface area contributed by atoms with Crippen LogP contribution in [0.5, 0.6) is 0 Å². The molecule has 0 aliphatic carbocycles. The summed E-state index contributed by atoms with van der Waals surface area (Å²) < 4.78 is 28.3. The number of likely N-dealkylation sites (tertiary alicyclic amines) is 1. The fraction of sp³-hybridized carbons (Fsp3) is 0.364. The number of carbonyl (C=O) groups excluding carboxylic acids is 2. The van der Waals surface area contributed by atoms with E-state index in [0.717, 1.165) is 36.4 Å². The van der Waals surface area contributed by atoms with Crippen LogP contribution in [0.3, 0.4) is 0 Å². The Kier molecular flexibility index (Phi) is 6.24. The van der Waals surface area contributed by atoms with Gasteiger partial charge < -0.3 is 10.2 Å². The highest BCUT2D eigenvalue weighted by Crippen LogP contribution is 2.35. The molecule has 4 rings (SSSR count). The van der Waals surface area contributed by atoms with Crippen LogP contribution in [-0.2, 0) is 19.6 Å². The Morgan fingerprint density at radius 3 is 2.71 bits per heavy atom. The summed E-state index contributed by atoms with van der Waals surface area (Å²) in [5.74, 6) is -0.211. The average Bonchev–Trinajstić information content (AvgIpc) is 3.21. The number of benzene rings is 2. The Balaban J connectivity index is 1.49. The maximum Gasteiger partial charge on any atom is 0.261 e. The van der Waals surface area contributed by atoms with Crippen LogP contribution < -0.4 is 10.0 Å². The van der Waals surface area contributed by atoms with E-state index in [2.05, 4.69) is 10.0 Å². The summed E-state index contributed by atoms with van der Waals surface area (Å²) in [5, 5.41) is 2.83. The molecule has 0 radical (unpaired) electrons. The first-order valence-electron chi connectivity index (χ1n) is 10.3. The van der Waals surface area contributed by atoms with Crippen LogP contribution in [0, 0.1) is 12.8 Å². The molecule has 2 aromatic rings. The fourth-order valence-electron chi connectivity index (χ4n) is 3.78. The van der Waals surface area contributed by atoms with Gasteiger partial charge in [0, 0.05) is 35.8 Å². The lowest BCUT2D eigenvalue weighted by Gasteiger charge is -2.18. The van der Waals surface area contributed by atoms with Crippen LogP contribution in [-0.4, -0.2) is 44.0 Å². The largest absolute Gasteiger partial charge is 0.343 e. The number of aryl methyl sites for hydroxylation is 1. The highest BCUT2D eigenvalue weighted by atomic mass is 32.2. The van der Waals surface area contributed by atoms with Crippen molar-refractivity contribution in [3.8, 4) is 0 Å². The molecule has 2 aliphatic heterocycles. The summed E-state index contributed by atoms with van der Waals surface area (Å²) in [6.45, 7) is 3.41. The van der Waals surface area contributed by atoms with Crippen molar-refractivity contribution in [2.75, 3.05) is 28.9 Å². The van der Waals surface area contributed by atoms with Gasteiger partial charge in [-0.3, -0.25) is 14.3 Å². The lowest BCUT2D eigenvalue weighted by atomic mass is 10.1. The number of thioether (sulfide) groups is 1. The maximum absolute atomic E-state index is 12.8. The van der Waals surface area contributed by atoms with E-state index in [4.69, 9.17) is 0 Å². The van der Waals surface area contributed by atoms with E-state index >= 15 is 0 Å². The van der Waals surface area contributed by atoms with Gasteiger partial charge in [0.25, 0.3) is 10.0 Å². The average molecular weight is 460 g/mol. The summed E-state index contributed by atoms with van der Waals surface area (Å²) in [7, 11) is -3.81. The van der Waals surface area contributed by atoms with Gasteiger partial charge in [0.15, 0.2) is 0 Å². The Hall–Kier alpha value is -2.52. The predicted molar refractivity (Wildman–Crippen MR) is 122 cm³/mol. The molecule has 7 nitrogen and oxygen atoms in total. The molecule has 9 heteroatoms. The number of hydrogen-bond donors (Lipinski definition) is 2. The van der Waals surface area contributed by atoms with Gasteiger partial charge in [-0.15, -0.1) is 11.8 Å². The number of nitrogens with zero attached hydrogens (tertiary/aromatic N) is 1. The standard InChI is InChI=1S/C22H25N3O4S2/c1-15-5-4-6-17(11-15)24-31(28,29)18-7-8-20-19(13-18)23-22(27)16(14-30-20)12-21(26)25-9-2-3-10-25/h4-8,11,13,16,24H,2-3,9-10,12,14H2,1H3,(H,23,27). The van der Waals surface area contributed by atoms with E-state index in [1.54, 1.807) is 24.3 Å². The SMILES string of the molecule is Cc1cccc(NS(=O)(=O)c2ccc3c(c2)NC(=O)C(CC(=O)N2CCCC2)CS3)c1. The summed E-state index contributed by atoms with van der Waals surface area (Å²) >= 11 is 1.46. The lowest BCUT2D eigenvalue weighted by Crippen LogP contribution is -2.33. The first-order chi connectivity index (χ1) is 14.8. The fourth-order valence-corrected chi connectivity index (χ4v) is 5.94. The van der Waals surface area contributed by atoms with Gasteiger partial charge in [-0.25, -0.2) is 8.42 Å². The summed E-state index contributed by atoms with van der Waals surface area (Å²) in [6, 6.07) is 11.8. The Bertz CT molecular complexity index is 1110. The van der Waals surface area contributed by atoms with Crippen molar-refractivity contribution in [2.24, 2.45) is 5.92 Å². The summed E-state index contributed by atoms with van der Waals surface area (Å²) in [6.07, 6.45) is 2.19. The zero-order valence-corrected chi connectivity index (χ0v) is 18.9. The molecule has 2 aromatic carbocycles. The van der Waals surface area contributed by atoms with E-state index in [1.807, 2.05) is 17.9 Å². The molecule has 1 atom stereocenters. The van der Waals surface area contributed by atoms with Crippen molar-refractivity contribution < 1.29 is 18.0 Å². The van der Waals surface area contributed by atoms with Crippen LogP contribution in [0.4, 0.5) is 11.4 Å². The van der Waals surface area contributed by atoms with Crippen LogP contribution in [0.1, 0.15) is 24.8 Å². The zero-order valence-electron chi connectivity index (χ0n) is 17.3. The van der Waals surface area contributed by atoms with Gasteiger partial charge in [0.1, 0.15) is 0 Å². The minimum Gasteiger partial charge on any atom is -0.343 e. The van der Waals surface area contributed by atoms with Gasteiger partial charge in [-0.1, -0.05) is 12.1 Å². The Morgan fingerprint density at radius 1 is 1.19 bits per heavy atom. The molecule has 31 heavy (non-hydrogen) atoms. The molecule has 1 saturated heterocycles. The van der Waals surface area contributed by atoms with E-state index in [9.17, 15) is 18.0 Å². The van der Waals surface area contributed by atoms with E-state index in [1.165, 1.54) is 23.9 Å². The van der Waals surface area contributed by atoms with E-state index in [0.29, 0.717) is 17.1 Å². The second-order valence-corrected chi connectivity index (χ2v) is 10.7. The highest BCUT2D eigenvalue weighted by Gasteiger charge is 2.30. The number of hydrogen-bond acceptors (Lipinski definition) is 5. The van der Waals surface area contributed by atoms with Crippen LogP contribution in [0.25, 0.3) is 0 Å². The summed E-state index contributed by atoms with van der Waals surface area (Å²) in [5.41, 5.74) is 1.88. The lowest BCUT2D eigenvalue weighted by molar-refractivity contribution is -0.133. The van der Waals surface area contributed by atoms with Gasteiger partial charge >= 0.3 is 0 Å². The third-order valence-electron chi connectivity index (χ3n) is 5.48. The molecule has 0 spiro atoms.